The minimum Gasteiger partial charge on any atom is -0.396 e. The van der Waals surface area contributed by atoms with E-state index < -0.39 is 0 Å². The van der Waals surface area contributed by atoms with E-state index in [1.165, 1.54) is 21.6 Å². The van der Waals surface area contributed by atoms with E-state index in [-0.39, 0.29) is 11.4 Å². The number of anilines is 1. The summed E-state index contributed by atoms with van der Waals surface area (Å²) < 4.78 is 2.79. The highest BCUT2D eigenvalue weighted by molar-refractivity contribution is 5.34. The van der Waals surface area contributed by atoms with Gasteiger partial charge in [0.25, 0.3) is 5.56 Å². The first-order valence-corrected chi connectivity index (χ1v) is 4.00. The lowest BCUT2D eigenvalue weighted by atomic mass is 10.6. The highest BCUT2D eigenvalue weighted by Crippen LogP contribution is 2.01. The molecular weight excluding hydrogens is 182 g/mol. The summed E-state index contributed by atoms with van der Waals surface area (Å²) in [7, 11) is 1.65. The van der Waals surface area contributed by atoms with E-state index in [4.69, 9.17) is 5.73 Å². The number of aromatic nitrogens is 4. The molecular formula is C8H9N5O. The molecule has 72 valence electrons. The highest BCUT2D eigenvalue weighted by Gasteiger charge is 2.05. The molecule has 14 heavy (non-hydrogen) atoms. The van der Waals surface area contributed by atoms with Crippen molar-refractivity contribution in [1.82, 2.24) is 19.3 Å². The van der Waals surface area contributed by atoms with Gasteiger partial charge in [-0.05, 0) is 0 Å². The van der Waals surface area contributed by atoms with Crippen molar-refractivity contribution in [3.8, 4) is 5.82 Å². The summed E-state index contributed by atoms with van der Waals surface area (Å²) in [6.45, 7) is 0. The first kappa shape index (κ1) is 8.49. The average Bonchev–Trinajstić information content (AvgIpc) is 2.57. The van der Waals surface area contributed by atoms with E-state index in [1.807, 2.05) is 0 Å². The summed E-state index contributed by atoms with van der Waals surface area (Å²) in [5.74, 6) is 0.242. The Hall–Kier alpha value is -2.11. The van der Waals surface area contributed by atoms with Gasteiger partial charge in [0.15, 0.2) is 0 Å². The molecule has 0 bridgehead atoms. The molecule has 2 heterocycles. The zero-order chi connectivity index (χ0) is 10.1. The van der Waals surface area contributed by atoms with Crippen LogP contribution in [0.2, 0.25) is 0 Å². The van der Waals surface area contributed by atoms with E-state index in [1.54, 1.807) is 19.4 Å². The lowest BCUT2D eigenvalue weighted by Crippen LogP contribution is -2.23. The first-order chi connectivity index (χ1) is 6.68. The molecule has 2 N–H and O–H groups in total. The van der Waals surface area contributed by atoms with Crippen molar-refractivity contribution in [1.29, 1.82) is 0 Å². The lowest BCUT2D eigenvalue weighted by Gasteiger charge is -2.00. The van der Waals surface area contributed by atoms with E-state index >= 15 is 0 Å². The minimum absolute atomic E-state index is 0.212. The van der Waals surface area contributed by atoms with Gasteiger partial charge in [-0.3, -0.25) is 4.79 Å². The van der Waals surface area contributed by atoms with Gasteiger partial charge >= 0.3 is 0 Å². The van der Waals surface area contributed by atoms with Crippen molar-refractivity contribution >= 4 is 5.69 Å². The topological polar surface area (TPSA) is 78.7 Å². The fourth-order valence-corrected chi connectivity index (χ4v) is 1.09. The Labute approximate surface area is 79.6 Å². The molecule has 2 aromatic heterocycles. The SMILES string of the molecule is Cn1ccnc(-n2cc(N)cn2)c1=O. The normalized spacial score (nSPS) is 10.4. The molecule has 0 saturated heterocycles. The Morgan fingerprint density at radius 1 is 1.50 bits per heavy atom. The van der Waals surface area contributed by atoms with E-state index in [9.17, 15) is 4.79 Å². The lowest BCUT2D eigenvalue weighted by molar-refractivity contribution is 0.766. The second kappa shape index (κ2) is 2.99. The Morgan fingerprint density at radius 3 is 2.93 bits per heavy atom. The van der Waals surface area contributed by atoms with Crippen LogP contribution in [-0.4, -0.2) is 19.3 Å². The number of hydrogen-bond donors (Lipinski definition) is 1. The molecule has 0 unspecified atom stereocenters. The summed E-state index contributed by atoms with van der Waals surface area (Å²) in [5, 5.41) is 3.90. The maximum atomic E-state index is 11.6. The Kier molecular flexibility index (Phi) is 1.81. The number of nitrogen functional groups attached to an aromatic ring is 1. The van der Waals surface area contributed by atoms with Gasteiger partial charge < -0.3 is 10.3 Å². The third-order valence-electron chi connectivity index (χ3n) is 1.82. The Bertz CT molecular complexity index is 512. The predicted molar refractivity (Wildman–Crippen MR) is 51.0 cm³/mol. The largest absolute Gasteiger partial charge is 0.396 e. The molecule has 0 aliphatic carbocycles. The second-order valence-corrected chi connectivity index (χ2v) is 2.89. The van der Waals surface area contributed by atoms with Crippen LogP contribution in [0.4, 0.5) is 5.69 Å². The van der Waals surface area contributed by atoms with Gasteiger partial charge in [0.2, 0.25) is 5.82 Å². The monoisotopic (exact) mass is 191 g/mol. The molecule has 6 heteroatoms. The molecule has 6 nitrogen and oxygen atoms in total. The van der Waals surface area contributed by atoms with Crippen molar-refractivity contribution in [2.45, 2.75) is 0 Å². The van der Waals surface area contributed by atoms with Crippen LogP contribution in [0.15, 0.2) is 29.6 Å². The minimum atomic E-state index is -0.212. The number of rotatable bonds is 1. The van der Waals surface area contributed by atoms with E-state index in [2.05, 4.69) is 10.1 Å². The molecule has 0 amide bonds. The maximum Gasteiger partial charge on any atom is 0.295 e. The van der Waals surface area contributed by atoms with Gasteiger partial charge in [0.1, 0.15) is 0 Å². The van der Waals surface area contributed by atoms with Crippen molar-refractivity contribution in [3.05, 3.63) is 35.1 Å². The van der Waals surface area contributed by atoms with Crippen molar-refractivity contribution in [2.24, 2.45) is 7.05 Å². The average molecular weight is 191 g/mol. The number of aryl methyl sites for hydroxylation is 1. The van der Waals surface area contributed by atoms with Crippen LogP contribution in [0.3, 0.4) is 0 Å². The second-order valence-electron chi connectivity index (χ2n) is 2.89. The smallest absolute Gasteiger partial charge is 0.295 e. The Balaban J connectivity index is 2.63. The molecule has 0 aliphatic heterocycles. The van der Waals surface area contributed by atoms with Gasteiger partial charge in [-0.1, -0.05) is 0 Å². The van der Waals surface area contributed by atoms with Crippen LogP contribution >= 0.6 is 0 Å². The number of nitrogens with zero attached hydrogens (tertiary/aromatic N) is 4. The van der Waals surface area contributed by atoms with Gasteiger partial charge in [0.05, 0.1) is 18.1 Å². The molecule has 0 spiro atoms. The zero-order valence-electron chi connectivity index (χ0n) is 7.58. The molecule has 0 radical (unpaired) electrons. The van der Waals surface area contributed by atoms with Gasteiger partial charge in [0, 0.05) is 19.4 Å². The van der Waals surface area contributed by atoms with Crippen LogP contribution in [-0.2, 0) is 7.05 Å². The molecule has 0 fully saturated rings. The molecule has 0 saturated carbocycles. The fourth-order valence-electron chi connectivity index (χ4n) is 1.09. The van der Waals surface area contributed by atoms with E-state index in [0.29, 0.717) is 5.69 Å². The van der Waals surface area contributed by atoms with Crippen LogP contribution in [0.25, 0.3) is 5.82 Å². The zero-order valence-corrected chi connectivity index (χ0v) is 7.58. The predicted octanol–water partition coefficient (Wildman–Crippen LogP) is -0.452. The number of nitrogens with two attached hydrogens (primary N) is 1. The van der Waals surface area contributed by atoms with E-state index in [0.717, 1.165) is 0 Å². The van der Waals surface area contributed by atoms with Crippen LogP contribution in [0, 0.1) is 0 Å². The quantitative estimate of drug-likeness (QED) is 0.662. The third kappa shape index (κ3) is 1.26. The molecule has 2 rings (SSSR count). The standard InChI is InChI=1S/C8H9N5O/c1-12-3-2-10-7(8(12)14)13-5-6(9)4-11-13/h2-5H,9H2,1H3. The van der Waals surface area contributed by atoms with Gasteiger partial charge in [-0.2, -0.15) is 5.10 Å². The fraction of sp³-hybridized carbons (Fsp3) is 0.125. The highest BCUT2D eigenvalue weighted by atomic mass is 16.1. The summed E-state index contributed by atoms with van der Waals surface area (Å²) in [4.78, 5) is 15.5. The summed E-state index contributed by atoms with van der Waals surface area (Å²) in [5.41, 5.74) is 5.77. The van der Waals surface area contributed by atoms with Crippen LogP contribution in [0.5, 0.6) is 0 Å². The maximum absolute atomic E-state index is 11.6. The van der Waals surface area contributed by atoms with Gasteiger partial charge in [-0.25, -0.2) is 9.67 Å². The van der Waals surface area contributed by atoms with Crippen molar-refractivity contribution in [2.75, 3.05) is 5.73 Å². The molecule has 0 aliphatic rings. The molecule has 0 atom stereocenters. The molecule has 2 aromatic rings. The van der Waals surface area contributed by atoms with Gasteiger partial charge in [-0.15, -0.1) is 0 Å². The van der Waals surface area contributed by atoms with Crippen molar-refractivity contribution in [3.63, 3.8) is 0 Å². The van der Waals surface area contributed by atoms with Crippen molar-refractivity contribution < 1.29 is 0 Å². The first-order valence-electron chi connectivity index (χ1n) is 4.00. The Morgan fingerprint density at radius 2 is 2.29 bits per heavy atom. The third-order valence-corrected chi connectivity index (χ3v) is 1.82. The summed E-state index contributed by atoms with van der Waals surface area (Å²) >= 11 is 0. The van der Waals surface area contributed by atoms with Crippen LogP contribution < -0.4 is 11.3 Å². The summed E-state index contributed by atoms with van der Waals surface area (Å²) in [6, 6.07) is 0. The summed E-state index contributed by atoms with van der Waals surface area (Å²) in [6.07, 6.45) is 6.13. The number of hydrogen-bond acceptors (Lipinski definition) is 4. The van der Waals surface area contributed by atoms with Crippen LogP contribution in [0.1, 0.15) is 0 Å². The molecule has 0 aromatic carbocycles.